The first kappa shape index (κ1) is 13.4. The normalized spacial score (nSPS) is 12.2. The molecular weight excluding hydrogens is 264 g/mol. The minimum Gasteiger partial charge on any atom is -0.393 e. The first-order valence-corrected chi connectivity index (χ1v) is 6.38. The van der Waals surface area contributed by atoms with E-state index in [0.29, 0.717) is 21.3 Å². The van der Waals surface area contributed by atoms with Crippen molar-refractivity contribution >= 4 is 46.1 Å². The van der Waals surface area contributed by atoms with E-state index < -0.39 is 0 Å². The van der Waals surface area contributed by atoms with E-state index in [4.69, 9.17) is 29.6 Å². The van der Waals surface area contributed by atoms with Crippen LogP contribution >= 0.6 is 35.2 Å². The van der Waals surface area contributed by atoms with Crippen LogP contribution in [0.5, 0.6) is 0 Å². The van der Waals surface area contributed by atoms with Gasteiger partial charge in [-0.1, -0.05) is 23.8 Å². The second-order valence-corrected chi connectivity index (χ2v) is 5.38. The van der Waals surface area contributed by atoms with Crippen LogP contribution in [0.15, 0.2) is 11.4 Å². The lowest BCUT2D eigenvalue weighted by Crippen LogP contribution is -2.37. The van der Waals surface area contributed by atoms with Gasteiger partial charge in [-0.3, -0.25) is 4.79 Å². The number of halogens is 1. The Hall–Kier alpha value is -0.650. The van der Waals surface area contributed by atoms with Gasteiger partial charge in [-0.2, -0.15) is 0 Å². The van der Waals surface area contributed by atoms with Crippen LogP contribution in [0.1, 0.15) is 23.0 Å². The molecule has 1 atom stereocenters. The van der Waals surface area contributed by atoms with Crippen molar-refractivity contribution in [2.75, 3.05) is 7.05 Å². The molecule has 1 heterocycles. The van der Waals surface area contributed by atoms with E-state index in [2.05, 4.69) is 0 Å². The van der Waals surface area contributed by atoms with E-state index >= 15 is 0 Å². The van der Waals surface area contributed by atoms with Crippen LogP contribution in [0.2, 0.25) is 5.02 Å². The lowest BCUT2D eigenvalue weighted by atomic mass is 10.2. The number of carbonyl (C=O) groups is 1. The van der Waals surface area contributed by atoms with E-state index in [1.54, 1.807) is 23.4 Å². The molecule has 1 unspecified atom stereocenters. The van der Waals surface area contributed by atoms with Crippen LogP contribution in [0.25, 0.3) is 0 Å². The predicted molar refractivity (Wildman–Crippen MR) is 72.3 cm³/mol. The fourth-order valence-corrected chi connectivity index (χ4v) is 2.59. The van der Waals surface area contributed by atoms with Crippen molar-refractivity contribution in [3.05, 3.63) is 21.3 Å². The van der Waals surface area contributed by atoms with Crippen LogP contribution in [0.4, 0.5) is 0 Å². The third-order valence-corrected chi connectivity index (χ3v) is 3.79. The van der Waals surface area contributed by atoms with Gasteiger partial charge < -0.3 is 10.6 Å². The monoisotopic (exact) mass is 276 g/mol. The molecule has 0 spiro atoms. The Morgan fingerprint density at radius 2 is 2.38 bits per heavy atom. The van der Waals surface area contributed by atoms with Gasteiger partial charge in [0.2, 0.25) is 0 Å². The molecule has 0 aliphatic rings. The molecule has 1 rings (SSSR count). The summed E-state index contributed by atoms with van der Waals surface area (Å²) in [7, 11) is 1.72. The smallest absolute Gasteiger partial charge is 0.265 e. The van der Waals surface area contributed by atoms with Crippen LogP contribution in [-0.4, -0.2) is 28.9 Å². The molecule has 3 nitrogen and oxygen atoms in total. The Kier molecular flexibility index (Phi) is 4.70. The van der Waals surface area contributed by atoms with E-state index in [-0.39, 0.29) is 11.9 Å². The molecule has 0 aliphatic heterocycles. The number of amides is 1. The summed E-state index contributed by atoms with van der Waals surface area (Å²) < 4.78 is 0. The zero-order chi connectivity index (χ0) is 12.3. The molecule has 0 aromatic carbocycles. The topological polar surface area (TPSA) is 46.3 Å². The third-order valence-electron chi connectivity index (χ3n) is 2.29. The van der Waals surface area contributed by atoms with Crippen molar-refractivity contribution in [3.8, 4) is 0 Å². The third kappa shape index (κ3) is 3.17. The van der Waals surface area contributed by atoms with E-state index in [9.17, 15) is 4.79 Å². The van der Waals surface area contributed by atoms with Crippen molar-refractivity contribution < 1.29 is 4.79 Å². The van der Waals surface area contributed by atoms with Crippen molar-refractivity contribution in [3.63, 3.8) is 0 Å². The molecule has 2 N–H and O–H groups in total. The van der Waals surface area contributed by atoms with Gasteiger partial charge in [-0.15, -0.1) is 11.3 Å². The highest BCUT2D eigenvalue weighted by Crippen LogP contribution is 2.24. The van der Waals surface area contributed by atoms with Gasteiger partial charge in [0.25, 0.3) is 5.91 Å². The summed E-state index contributed by atoms with van der Waals surface area (Å²) in [5, 5.41) is 2.28. The molecule has 6 heteroatoms. The zero-order valence-corrected chi connectivity index (χ0v) is 11.5. The maximum atomic E-state index is 12.0. The molecule has 0 bridgehead atoms. The molecule has 1 amide bonds. The maximum absolute atomic E-state index is 12.0. The van der Waals surface area contributed by atoms with Crippen LogP contribution < -0.4 is 5.73 Å². The summed E-state index contributed by atoms with van der Waals surface area (Å²) in [5.74, 6) is -0.0937. The van der Waals surface area contributed by atoms with Gasteiger partial charge in [0, 0.05) is 19.5 Å². The fourth-order valence-electron chi connectivity index (χ4n) is 1.23. The van der Waals surface area contributed by atoms with Gasteiger partial charge in [0.1, 0.15) is 4.88 Å². The molecule has 1 aromatic heterocycles. The number of nitrogens with zero attached hydrogens (tertiary/aromatic N) is 1. The number of nitrogens with two attached hydrogens (primary N) is 1. The maximum Gasteiger partial charge on any atom is 0.265 e. The van der Waals surface area contributed by atoms with E-state index in [1.165, 1.54) is 11.3 Å². The Labute approximate surface area is 109 Å². The Morgan fingerprint density at radius 3 is 2.81 bits per heavy atom. The highest BCUT2D eigenvalue weighted by atomic mass is 35.5. The van der Waals surface area contributed by atoms with Crippen molar-refractivity contribution in [2.45, 2.75) is 19.4 Å². The summed E-state index contributed by atoms with van der Waals surface area (Å²) in [6.45, 7) is 1.90. The minimum atomic E-state index is -0.0937. The second-order valence-electron chi connectivity index (χ2n) is 3.53. The quantitative estimate of drug-likeness (QED) is 0.860. The van der Waals surface area contributed by atoms with Gasteiger partial charge in [0.05, 0.1) is 10.0 Å². The number of thiocarbonyl (C=S) groups is 1. The number of hydrogen-bond acceptors (Lipinski definition) is 3. The lowest BCUT2D eigenvalue weighted by Gasteiger charge is -2.24. The average Bonchev–Trinajstić information content (AvgIpc) is 2.61. The number of hydrogen-bond donors (Lipinski definition) is 1. The largest absolute Gasteiger partial charge is 0.393 e. The second kappa shape index (κ2) is 5.61. The Balaban J connectivity index is 2.75. The van der Waals surface area contributed by atoms with Gasteiger partial charge >= 0.3 is 0 Å². The SMILES string of the molecule is CC(CC(N)=S)N(C)C(=O)c1sccc1Cl. The fraction of sp³-hybridized carbons (Fsp3) is 0.400. The summed E-state index contributed by atoms with van der Waals surface area (Å²) in [6.07, 6.45) is 0.514. The molecular formula is C10H13ClN2OS2. The summed E-state index contributed by atoms with van der Waals surface area (Å²) >= 11 is 12.1. The standard InChI is InChI=1S/C10H13ClN2OS2/c1-6(5-8(12)15)13(2)10(14)9-7(11)3-4-16-9/h3-4,6H,5H2,1-2H3,(H2,12,15). The lowest BCUT2D eigenvalue weighted by molar-refractivity contribution is 0.0753. The molecule has 0 saturated heterocycles. The number of thiophene rings is 1. The number of rotatable bonds is 4. The summed E-state index contributed by atoms with van der Waals surface area (Å²) in [4.78, 5) is 14.6. The van der Waals surface area contributed by atoms with Crippen molar-refractivity contribution in [1.29, 1.82) is 0 Å². The zero-order valence-electron chi connectivity index (χ0n) is 9.07. The van der Waals surface area contributed by atoms with E-state index in [1.807, 2.05) is 6.92 Å². The van der Waals surface area contributed by atoms with Gasteiger partial charge in [-0.25, -0.2) is 0 Å². The van der Waals surface area contributed by atoms with Crippen molar-refractivity contribution in [2.24, 2.45) is 5.73 Å². The Morgan fingerprint density at radius 1 is 1.75 bits per heavy atom. The molecule has 88 valence electrons. The first-order valence-electron chi connectivity index (χ1n) is 4.72. The van der Waals surface area contributed by atoms with Gasteiger partial charge in [-0.05, 0) is 18.4 Å². The summed E-state index contributed by atoms with van der Waals surface area (Å²) in [5.41, 5.74) is 5.45. The van der Waals surface area contributed by atoms with E-state index in [0.717, 1.165) is 0 Å². The van der Waals surface area contributed by atoms with Crippen molar-refractivity contribution in [1.82, 2.24) is 4.90 Å². The molecule has 0 aliphatic carbocycles. The van der Waals surface area contributed by atoms with Gasteiger partial charge in [0.15, 0.2) is 0 Å². The molecule has 0 saturated carbocycles. The molecule has 16 heavy (non-hydrogen) atoms. The first-order chi connectivity index (χ1) is 7.43. The molecule has 1 aromatic rings. The average molecular weight is 277 g/mol. The van der Waals surface area contributed by atoms with Crippen LogP contribution in [-0.2, 0) is 0 Å². The molecule has 0 radical (unpaired) electrons. The highest BCUT2D eigenvalue weighted by molar-refractivity contribution is 7.80. The Bertz CT molecular complexity index is 405. The van der Waals surface area contributed by atoms with Crippen LogP contribution in [0, 0.1) is 0 Å². The van der Waals surface area contributed by atoms with Crippen LogP contribution in [0.3, 0.4) is 0 Å². The predicted octanol–water partition coefficient (Wildman–Crippen LogP) is 2.54. The molecule has 0 fully saturated rings. The highest BCUT2D eigenvalue weighted by Gasteiger charge is 2.21. The summed E-state index contributed by atoms with van der Waals surface area (Å²) in [6, 6.07) is 1.69. The number of carbonyl (C=O) groups excluding carboxylic acids is 1. The minimum absolute atomic E-state index is 0.0248.